The fourth-order valence-corrected chi connectivity index (χ4v) is 1.99. The maximum absolute atomic E-state index is 9.71. The molecule has 3 N–H and O–H groups in total. The van der Waals surface area contributed by atoms with Gasteiger partial charge < -0.3 is 15.6 Å². The average molecular weight is 277 g/mol. The summed E-state index contributed by atoms with van der Waals surface area (Å²) in [5.74, 6) is 1.11. The smallest absolute Gasteiger partial charge is 0.228 e. The van der Waals surface area contributed by atoms with Gasteiger partial charge in [-0.2, -0.15) is 0 Å². The Morgan fingerprint density at radius 3 is 2.62 bits per heavy atom. The lowest BCUT2D eigenvalue weighted by molar-refractivity contribution is 0.478. The second-order valence-electron chi connectivity index (χ2n) is 4.45. The van der Waals surface area contributed by atoms with Crippen molar-refractivity contribution in [1.29, 1.82) is 0 Å². The average Bonchev–Trinajstić information content (AvgIpc) is 2.49. The molecular formula is C16H11N3O2. The van der Waals surface area contributed by atoms with Crippen molar-refractivity contribution in [1.82, 2.24) is 4.98 Å². The van der Waals surface area contributed by atoms with Gasteiger partial charge in [-0.3, -0.25) is 4.98 Å². The minimum absolute atomic E-state index is 0.0883. The number of ether oxygens (including phenoxy) is 1. The molecule has 0 bridgehead atoms. The summed E-state index contributed by atoms with van der Waals surface area (Å²) in [5.41, 5.74) is 7.02. The van der Waals surface area contributed by atoms with E-state index in [0.29, 0.717) is 28.1 Å². The Hall–Kier alpha value is -3.26. The highest BCUT2D eigenvalue weighted by Gasteiger charge is 2.09. The molecule has 102 valence electrons. The first kappa shape index (κ1) is 12.8. The van der Waals surface area contributed by atoms with Crippen LogP contribution < -0.4 is 10.5 Å². The molecule has 5 nitrogen and oxygen atoms in total. The largest absolute Gasteiger partial charge is 0.519 e. The van der Waals surface area contributed by atoms with Gasteiger partial charge in [-0.1, -0.05) is 0 Å². The maximum atomic E-state index is 9.71. The van der Waals surface area contributed by atoms with E-state index in [4.69, 9.17) is 17.0 Å². The minimum Gasteiger partial charge on any atom is -0.519 e. The third-order valence-electron chi connectivity index (χ3n) is 3.03. The van der Waals surface area contributed by atoms with Crippen LogP contribution in [0.3, 0.4) is 0 Å². The van der Waals surface area contributed by atoms with Gasteiger partial charge in [-0.25, -0.2) is 4.85 Å². The number of phenolic OH excluding ortho intramolecular Hbond substituents is 1. The van der Waals surface area contributed by atoms with E-state index in [-0.39, 0.29) is 11.4 Å². The number of pyridine rings is 1. The number of nitrogens with zero attached hydrogens (tertiary/aromatic N) is 2. The quantitative estimate of drug-likeness (QED) is 0.551. The molecule has 5 heteroatoms. The van der Waals surface area contributed by atoms with E-state index in [9.17, 15) is 5.11 Å². The third-order valence-corrected chi connectivity index (χ3v) is 3.03. The van der Waals surface area contributed by atoms with Gasteiger partial charge >= 0.3 is 0 Å². The normalized spacial score (nSPS) is 10.2. The second kappa shape index (κ2) is 5.02. The molecule has 21 heavy (non-hydrogen) atoms. The van der Waals surface area contributed by atoms with Gasteiger partial charge in [0.25, 0.3) is 0 Å². The lowest BCUT2D eigenvalue weighted by Gasteiger charge is -2.09. The summed E-state index contributed by atoms with van der Waals surface area (Å²) in [7, 11) is 0. The molecule has 0 amide bonds. The van der Waals surface area contributed by atoms with Crippen LogP contribution in [0, 0.1) is 6.57 Å². The Morgan fingerprint density at radius 2 is 1.90 bits per heavy atom. The molecule has 0 atom stereocenters. The molecule has 0 saturated heterocycles. The van der Waals surface area contributed by atoms with Gasteiger partial charge in [0.05, 0.1) is 12.1 Å². The standard InChI is InChI=1S/C16H11N3O2/c1-18-14-8-12-13(9-15(14)20)19-7-6-16(12)21-11-4-2-10(17)3-5-11/h2-9,20H,17H2. The zero-order valence-electron chi connectivity index (χ0n) is 10.9. The van der Waals surface area contributed by atoms with Crippen molar-refractivity contribution < 1.29 is 9.84 Å². The number of nitrogens with two attached hydrogens (primary N) is 1. The molecule has 0 unspecified atom stereocenters. The van der Waals surface area contributed by atoms with Crippen molar-refractivity contribution >= 4 is 22.3 Å². The van der Waals surface area contributed by atoms with Gasteiger partial charge in [-0.15, -0.1) is 0 Å². The molecular weight excluding hydrogens is 266 g/mol. The van der Waals surface area contributed by atoms with Crippen molar-refractivity contribution in [2.75, 3.05) is 5.73 Å². The molecule has 1 heterocycles. The lowest BCUT2D eigenvalue weighted by atomic mass is 10.1. The molecule has 0 saturated carbocycles. The third kappa shape index (κ3) is 2.42. The summed E-state index contributed by atoms with van der Waals surface area (Å²) in [5, 5.41) is 10.4. The van der Waals surface area contributed by atoms with E-state index in [2.05, 4.69) is 9.83 Å². The number of phenols is 1. The van der Waals surface area contributed by atoms with E-state index in [1.165, 1.54) is 6.07 Å². The number of hydrogen-bond donors (Lipinski definition) is 2. The fraction of sp³-hybridized carbons (Fsp3) is 0. The first-order chi connectivity index (χ1) is 10.2. The minimum atomic E-state index is -0.0883. The van der Waals surface area contributed by atoms with Crippen molar-refractivity contribution in [2.45, 2.75) is 0 Å². The summed E-state index contributed by atoms with van der Waals surface area (Å²) < 4.78 is 5.81. The van der Waals surface area contributed by atoms with Crippen LogP contribution in [-0.4, -0.2) is 10.1 Å². The van der Waals surface area contributed by atoms with E-state index in [0.717, 1.165) is 0 Å². The molecule has 0 fully saturated rings. The van der Waals surface area contributed by atoms with Crippen LogP contribution in [-0.2, 0) is 0 Å². The Morgan fingerprint density at radius 1 is 1.14 bits per heavy atom. The molecule has 0 aliphatic heterocycles. The van der Waals surface area contributed by atoms with E-state index >= 15 is 0 Å². The number of aromatic hydroxyl groups is 1. The predicted octanol–water partition coefficient (Wildman–Crippen LogP) is 3.87. The van der Waals surface area contributed by atoms with Crippen molar-refractivity contribution in [2.24, 2.45) is 0 Å². The van der Waals surface area contributed by atoms with Crippen LogP contribution >= 0.6 is 0 Å². The summed E-state index contributed by atoms with van der Waals surface area (Å²) in [6, 6.07) is 11.7. The topological polar surface area (TPSA) is 72.7 Å². The molecule has 0 radical (unpaired) electrons. The number of rotatable bonds is 2. The number of nitrogen functional groups attached to an aromatic ring is 1. The van der Waals surface area contributed by atoms with Gasteiger partial charge in [-0.05, 0) is 42.5 Å². The first-order valence-electron chi connectivity index (χ1n) is 6.20. The van der Waals surface area contributed by atoms with Crippen LogP contribution in [0.1, 0.15) is 0 Å². The van der Waals surface area contributed by atoms with Crippen LogP contribution in [0.2, 0.25) is 0 Å². The fourth-order valence-electron chi connectivity index (χ4n) is 1.99. The van der Waals surface area contributed by atoms with Crippen molar-refractivity contribution in [3.8, 4) is 17.2 Å². The van der Waals surface area contributed by atoms with Crippen LogP contribution in [0.5, 0.6) is 17.2 Å². The first-order valence-corrected chi connectivity index (χ1v) is 6.20. The molecule has 3 aromatic rings. The molecule has 0 spiro atoms. The summed E-state index contributed by atoms with van der Waals surface area (Å²) in [4.78, 5) is 7.45. The Labute approximate surface area is 121 Å². The summed E-state index contributed by atoms with van der Waals surface area (Å²) >= 11 is 0. The SMILES string of the molecule is [C-]#[N+]c1cc2c(Oc3ccc(N)cc3)ccnc2cc1O. The molecule has 0 aliphatic rings. The van der Waals surface area contributed by atoms with Crippen LogP contribution in [0.15, 0.2) is 48.7 Å². The lowest BCUT2D eigenvalue weighted by Crippen LogP contribution is -1.89. The summed E-state index contributed by atoms with van der Waals surface area (Å²) in [6.07, 6.45) is 1.59. The van der Waals surface area contributed by atoms with E-state index in [1.807, 2.05) is 0 Å². The highest BCUT2D eigenvalue weighted by molar-refractivity contribution is 5.90. The molecule has 2 aromatic carbocycles. The van der Waals surface area contributed by atoms with Gasteiger partial charge in [0.15, 0.2) is 0 Å². The Bertz CT molecular complexity index is 852. The van der Waals surface area contributed by atoms with Gasteiger partial charge in [0.1, 0.15) is 17.2 Å². The van der Waals surface area contributed by atoms with E-state index < -0.39 is 0 Å². The number of aromatic nitrogens is 1. The van der Waals surface area contributed by atoms with Crippen molar-refractivity contribution in [3.05, 3.63) is 60.1 Å². The number of hydrogen-bond acceptors (Lipinski definition) is 4. The molecule has 0 aliphatic carbocycles. The van der Waals surface area contributed by atoms with Gasteiger partial charge in [0.2, 0.25) is 5.69 Å². The number of fused-ring (bicyclic) bond motifs is 1. The molecule has 3 rings (SSSR count). The second-order valence-corrected chi connectivity index (χ2v) is 4.45. The maximum Gasteiger partial charge on any atom is 0.228 e. The van der Waals surface area contributed by atoms with E-state index in [1.54, 1.807) is 42.6 Å². The Balaban J connectivity index is 2.10. The number of benzene rings is 2. The highest BCUT2D eigenvalue weighted by Crippen LogP contribution is 2.36. The molecule has 1 aromatic heterocycles. The van der Waals surface area contributed by atoms with Gasteiger partial charge in [0, 0.05) is 17.3 Å². The monoisotopic (exact) mass is 277 g/mol. The van der Waals surface area contributed by atoms with Crippen LogP contribution in [0.4, 0.5) is 11.4 Å². The zero-order valence-corrected chi connectivity index (χ0v) is 10.9. The van der Waals surface area contributed by atoms with Crippen molar-refractivity contribution in [3.63, 3.8) is 0 Å². The summed E-state index contributed by atoms with van der Waals surface area (Å²) in [6.45, 7) is 7.06. The predicted molar refractivity (Wildman–Crippen MR) is 80.6 cm³/mol. The number of anilines is 1. The Kier molecular flexibility index (Phi) is 3.05. The van der Waals surface area contributed by atoms with Crippen LogP contribution in [0.25, 0.3) is 15.7 Å². The highest BCUT2D eigenvalue weighted by atomic mass is 16.5. The zero-order chi connectivity index (χ0) is 14.8.